The zero-order valence-electron chi connectivity index (χ0n) is 20.7. The molecule has 186 valence electrons. The summed E-state index contributed by atoms with van der Waals surface area (Å²) in [5, 5.41) is 19.0. The molecule has 1 amide bonds. The van der Waals surface area contributed by atoms with Gasteiger partial charge in [-0.15, -0.1) is 0 Å². The summed E-state index contributed by atoms with van der Waals surface area (Å²) < 4.78 is 6.38. The number of fused-ring (bicyclic) bond motifs is 1. The van der Waals surface area contributed by atoms with Crippen LogP contribution in [0.3, 0.4) is 0 Å². The van der Waals surface area contributed by atoms with Crippen molar-refractivity contribution < 1.29 is 14.6 Å². The highest BCUT2D eigenvalue weighted by atomic mass is 16.5. The Hall–Kier alpha value is -3.87. The van der Waals surface area contributed by atoms with Gasteiger partial charge in [0.2, 0.25) is 5.88 Å². The highest BCUT2D eigenvalue weighted by molar-refractivity contribution is 5.98. The van der Waals surface area contributed by atoms with Gasteiger partial charge in [-0.2, -0.15) is 5.26 Å². The summed E-state index contributed by atoms with van der Waals surface area (Å²) in [6, 6.07) is 10.7. The lowest BCUT2D eigenvalue weighted by Gasteiger charge is -2.37. The lowest BCUT2D eigenvalue weighted by Crippen LogP contribution is -2.49. The molecule has 0 unspecified atom stereocenters. The zero-order chi connectivity index (χ0) is 25.7. The number of carbonyl (C=O) groups is 1. The summed E-state index contributed by atoms with van der Waals surface area (Å²) in [4.78, 5) is 30.2. The quantitative estimate of drug-likeness (QED) is 0.542. The molecule has 2 aromatic heterocycles. The van der Waals surface area contributed by atoms with Gasteiger partial charge >= 0.3 is 0 Å². The van der Waals surface area contributed by atoms with Crippen molar-refractivity contribution in [2.75, 3.05) is 26.7 Å². The van der Waals surface area contributed by atoms with E-state index >= 15 is 0 Å². The van der Waals surface area contributed by atoms with Crippen LogP contribution in [0, 0.1) is 17.2 Å². The van der Waals surface area contributed by atoms with E-state index in [2.05, 4.69) is 25.9 Å². The average molecular weight is 487 g/mol. The highest BCUT2D eigenvalue weighted by Crippen LogP contribution is 2.30. The summed E-state index contributed by atoms with van der Waals surface area (Å²) in [5.74, 6) is 0.0424. The number of ether oxygens (including phenoxy) is 1. The summed E-state index contributed by atoms with van der Waals surface area (Å²) in [6.07, 6.45) is 6.52. The van der Waals surface area contributed by atoms with Crippen LogP contribution in [0.4, 0.5) is 0 Å². The Bertz CT molecular complexity index is 1230. The Morgan fingerprint density at radius 2 is 1.94 bits per heavy atom. The molecule has 1 aliphatic rings. The van der Waals surface area contributed by atoms with Gasteiger partial charge in [-0.05, 0) is 37.7 Å². The van der Waals surface area contributed by atoms with Crippen LogP contribution in [0.1, 0.15) is 35.3 Å². The maximum atomic E-state index is 13.6. The van der Waals surface area contributed by atoms with E-state index in [4.69, 9.17) is 10.00 Å². The topological polar surface area (TPSA) is 115 Å². The first-order valence-corrected chi connectivity index (χ1v) is 11.9. The van der Waals surface area contributed by atoms with Crippen LogP contribution in [-0.4, -0.2) is 74.7 Å². The van der Waals surface area contributed by atoms with Gasteiger partial charge < -0.3 is 14.7 Å². The normalized spacial score (nSPS) is 18.6. The summed E-state index contributed by atoms with van der Waals surface area (Å²) in [7, 11) is 2.00. The molecule has 36 heavy (non-hydrogen) atoms. The number of nitrogens with zero attached hydrogens (tertiary/aromatic N) is 6. The van der Waals surface area contributed by atoms with Crippen LogP contribution in [0.2, 0.25) is 0 Å². The molecule has 9 nitrogen and oxygen atoms in total. The van der Waals surface area contributed by atoms with Crippen LogP contribution in [0.15, 0.2) is 55.2 Å². The predicted octanol–water partition coefficient (Wildman–Crippen LogP) is 2.76. The van der Waals surface area contributed by atoms with E-state index in [0.29, 0.717) is 30.8 Å². The van der Waals surface area contributed by atoms with Crippen LogP contribution in [0.5, 0.6) is 5.88 Å². The fourth-order valence-corrected chi connectivity index (χ4v) is 4.31. The number of nitriles is 1. The van der Waals surface area contributed by atoms with Crippen molar-refractivity contribution in [2.45, 2.75) is 32.5 Å². The first kappa shape index (κ1) is 25.2. The largest absolute Gasteiger partial charge is 0.472 e. The lowest BCUT2D eigenvalue weighted by molar-refractivity contribution is 0.0325. The Morgan fingerprint density at radius 1 is 1.22 bits per heavy atom. The van der Waals surface area contributed by atoms with Crippen LogP contribution < -0.4 is 4.74 Å². The smallest absolute Gasteiger partial charge is 0.259 e. The lowest BCUT2D eigenvalue weighted by atomic mass is 9.99. The number of pyridine rings is 1. The van der Waals surface area contributed by atoms with Crippen LogP contribution >= 0.6 is 0 Å². The van der Waals surface area contributed by atoms with Gasteiger partial charge in [0.1, 0.15) is 18.0 Å². The average Bonchev–Trinajstić information content (AvgIpc) is 2.90. The van der Waals surface area contributed by atoms with Crippen molar-refractivity contribution in [3.8, 4) is 23.1 Å². The molecule has 0 fully saturated rings. The molecule has 4 rings (SSSR count). The third kappa shape index (κ3) is 5.67. The molecule has 1 aromatic carbocycles. The number of benzene rings is 1. The molecule has 0 saturated carbocycles. The minimum atomic E-state index is -0.357. The number of hydrogen-bond donors (Lipinski definition) is 1. The SMILES string of the molecule is C[C@@H]1CN([C@H](C)CO)C(=O)c2cc(-c3ccc(C#N)cc3)cnc2O[C@@H]1CN(C)Cc1cncnc1. The van der Waals surface area contributed by atoms with E-state index in [-0.39, 0.29) is 36.5 Å². The summed E-state index contributed by atoms with van der Waals surface area (Å²) >= 11 is 0. The van der Waals surface area contributed by atoms with Gasteiger partial charge in [0.15, 0.2) is 0 Å². The first-order chi connectivity index (χ1) is 17.4. The van der Waals surface area contributed by atoms with E-state index in [9.17, 15) is 9.90 Å². The molecule has 0 radical (unpaired) electrons. The van der Waals surface area contributed by atoms with Crippen molar-refractivity contribution in [2.24, 2.45) is 5.92 Å². The van der Waals surface area contributed by atoms with E-state index in [1.165, 1.54) is 6.33 Å². The molecule has 0 saturated heterocycles. The molecular weight excluding hydrogens is 456 g/mol. The van der Waals surface area contributed by atoms with Gasteiger partial charge in [-0.3, -0.25) is 9.69 Å². The number of carbonyl (C=O) groups excluding carboxylic acids is 1. The number of aromatic nitrogens is 3. The standard InChI is InChI=1S/C27H30N6O3/c1-18-13-33(19(2)16-34)27(35)24-8-23(22-6-4-20(9-28)5-7-22)12-31-26(24)36-25(18)15-32(3)14-21-10-29-17-30-11-21/h4-8,10-12,17-19,25,34H,13-16H2,1-3H3/t18-,19-,25-/m1/s1. The maximum Gasteiger partial charge on any atom is 0.259 e. The monoisotopic (exact) mass is 486 g/mol. The number of aliphatic hydroxyl groups excluding tert-OH is 1. The number of amides is 1. The summed E-state index contributed by atoms with van der Waals surface area (Å²) in [5.41, 5.74) is 3.50. The van der Waals surface area contributed by atoms with Crippen molar-refractivity contribution >= 4 is 5.91 Å². The molecule has 3 heterocycles. The molecule has 1 aliphatic heterocycles. The van der Waals surface area contributed by atoms with Crippen molar-refractivity contribution in [3.63, 3.8) is 0 Å². The van der Waals surface area contributed by atoms with E-state index in [1.807, 2.05) is 33.0 Å². The van der Waals surface area contributed by atoms with Crippen LogP contribution in [0.25, 0.3) is 11.1 Å². The Balaban J connectivity index is 1.66. The number of hydrogen-bond acceptors (Lipinski definition) is 8. The van der Waals surface area contributed by atoms with Gasteiger partial charge in [0, 0.05) is 55.3 Å². The first-order valence-electron chi connectivity index (χ1n) is 11.9. The Kier molecular flexibility index (Phi) is 7.88. The Labute approximate surface area is 211 Å². The Morgan fingerprint density at radius 3 is 2.61 bits per heavy atom. The zero-order valence-corrected chi connectivity index (χ0v) is 20.7. The summed E-state index contributed by atoms with van der Waals surface area (Å²) in [6.45, 7) is 5.43. The van der Waals surface area contributed by atoms with Gasteiger partial charge in [-0.1, -0.05) is 19.1 Å². The van der Waals surface area contributed by atoms with Gasteiger partial charge in [-0.25, -0.2) is 15.0 Å². The van der Waals surface area contributed by atoms with E-state index < -0.39 is 0 Å². The second-order valence-corrected chi connectivity index (χ2v) is 9.33. The van der Waals surface area contributed by atoms with Gasteiger partial charge in [0.25, 0.3) is 5.91 Å². The third-order valence-corrected chi connectivity index (χ3v) is 6.43. The fourth-order valence-electron chi connectivity index (χ4n) is 4.31. The third-order valence-electron chi connectivity index (χ3n) is 6.43. The molecule has 0 aliphatic carbocycles. The van der Waals surface area contributed by atoms with Gasteiger partial charge in [0.05, 0.1) is 24.3 Å². The van der Waals surface area contributed by atoms with E-state index in [1.54, 1.807) is 41.7 Å². The van der Waals surface area contributed by atoms with Crippen LogP contribution in [-0.2, 0) is 6.54 Å². The minimum Gasteiger partial charge on any atom is -0.472 e. The number of likely N-dealkylation sites (N-methyl/N-ethyl adjacent to an activating group) is 1. The predicted molar refractivity (Wildman–Crippen MR) is 134 cm³/mol. The van der Waals surface area contributed by atoms with Crippen molar-refractivity contribution in [3.05, 3.63) is 71.9 Å². The molecule has 3 aromatic rings. The molecule has 9 heteroatoms. The molecule has 0 spiro atoms. The second-order valence-electron chi connectivity index (χ2n) is 9.33. The van der Waals surface area contributed by atoms with Crippen molar-refractivity contribution in [1.82, 2.24) is 24.8 Å². The minimum absolute atomic E-state index is 0.00873. The maximum absolute atomic E-state index is 13.6. The molecule has 3 atom stereocenters. The molecule has 0 bridgehead atoms. The fraction of sp³-hybridized carbons (Fsp3) is 0.370. The molecular formula is C27H30N6O3. The second kappa shape index (κ2) is 11.2. The molecule has 1 N–H and O–H groups in total. The highest BCUT2D eigenvalue weighted by Gasteiger charge is 2.34. The van der Waals surface area contributed by atoms with E-state index in [0.717, 1.165) is 16.7 Å². The number of rotatable bonds is 7. The van der Waals surface area contributed by atoms with Crippen molar-refractivity contribution in [1.29, 1.82) is 5.26 Å². The number of aliphatic hydroxyl groups is 1.